The number of methoxy groups -OCH3 is 1. The number of hydrogen-bond acceptors (Lipinski definition) is 3. The summed E-state index contributed by atoms with van der Waals surface area (Å²) in [5.41, 5.74) is -0.927. The highest BCUT2D eigenvalue weighted by Gasteiger charge is 2.27. The summed E-state index contributed by atoms with van der Waals surface area (Å²) >= 11 is 0. The lowest BCUT2D eigenvalue weighted by Crippen LogP contribution is -2.27. The van der Waals surface area contributed by atoms with Gasteiger partial charge in [-0.05, 0) is 33.0 Å². The normalized spacial score (nSPS) is 14.6. The number of aliphatic hydroxyl groups is 1. The molecule has 1 aromatic carbocycles. The Morgan fingerprint density at radius 2 is 2.19 bits per heavy atom. The predicted octanol–water partition coefficient (Wildman–Crippen LogP) is 1.65. The second-order valence-corrected chi connectivity index (χ2v) is 3.95. The third kappa shape index (κ3) is 2.71. The number of nitrogens with one attached hydrogen (secondary N) is 1. The molecule has 2 N–H and O–H groups in total. The number of halogens is 1. The van der Waals surface area contributed by atoms with Crippen LogP contribution in [0.3, 0.4) is 0 Å². The Morgan fingerprint density at radius 3 is 2.75 bits per heavy atom. The number of ether oxygens (including phenoxy) is 1. The van der Waals surface area contributed by atoms with Gasteiger partial charge >= 0.3 is 0 Å². The van der Waals surface area contributed by atoms with Gasteiger partial charge in [-0.2, -0.15) is 0 Å². The summed E-state index contributed by atoms with van der Waals surface area (Å²) < 4.78 is 18.8. The van der Waals surface area contributed by atoms with E-state index in [0.29, 0.717) is 13.0 Å². The fourth-order valence-electron chi connectivity index (χ4n) is 1.59. The minimum Gasteiger partial charge on any atom is -0.494 e. The number of rotatable bonds is 5. The maximum absolute atomic E-state index is 13.9. The monoisotopic (exact) mass is 227 g/mol. The van der Waals surface area contributed by atoms with Gasteiger partial charge in [0.2, 0.25) is 0 Å². The highest BCUT2D eigenvalue weighted by molar-refractivity contribution is 5.34. The quantitative estimate of drug-likeness (QED) is 0.803. The van der Waals surface area contributed by atoms with E-state index in [-0.39, 0.29) is 11.3 Å². The Hall–Kier alpha value is -1.13. The second kappa shape index (κ2) is 5.27. The van der Waals surface area contributed by atoms with E-state index in [2.05, 4.69) is 5.32 Å². The smallest absolute Gasteiger partial charge is 0.171 e. The molecule has 0 radical (unpaired) electrons. The van der Waals surface area contributed by atoms with Gasteiger partial charge in [0.05, 0.1) is 12.7 Å². The molecule has 0 aliphatic carbocycles. The van der Waals surface area contributed by atoms with Crippen LogP contribution in [0.25, 0.3) is 0 Å². The molecule has 0 saturated carbocycles. The van der Waals surface area contributed by atoms with Gasteiger partial charge in [0, 0.05) is 5.56 Å². The summed E-state index contributed by atoms with van der Waals surface area (Å²) in [6.45, 7) is 2.21. The highest BCUT2D eigenvalue weighted by atomic mass is 19.1. The molecule has 1 unspecified atom stereocenters. The van der Waals surface area contributed by atoms with E-state index in [4.69, 9.17) is 4.74 Å². The summed E-state index contributed by atoms with van der Waals surface area (Å²) in [7, 11) is 3.20. The van der Waals surface area contributed by atoms with Crippen molar-refractivity contribution in [3.8, 4) is 5.75 Å². The zero-order valence-corrected chi connectivity index (χ0v) is 9.88. The van der Waals surface area contributed by atoms with Crippen LogP contribution < -0.4 is 10.1 Å². The zero-order valence-electron chi connectivity index (χ0n) is 9.88. The van der Waals surface area contributed by atoms with Crippen molar-refractivity contribution in [1.29, 1.82) is 0 Å². The van der Waals surface area contributed by atoms with Crippen LogP contribution in [0.2, 0.25) is 0 Å². The molecule has 4 heteroatoms. The van der Waals surface area contributed by atoms with Gasteiger partial charge in [-0.3, -0.25) is 0 Å². The summed E-state index contributed by atoms with van der Waals surface area (Å²) in [4.78, 5) is 0. The summed E-state index contributed by atoms with van der Waals surface area (Å²) in [5, 5.41) is 13.1. The van der Waals surface area contributed by atoms with Crippen molar-refractivity contribution in [3.63, 3.8) is 0 Å². The van der Waals surface area contributed by atoms with Crippen LogP contribution in [0.4, 0.5) is 4.39 Å². The third-order valence-corrected chi connectivity index (χ3v) is 2.63. The van der Waals surface area contributed by atoms with Gasteiger partial charge in [0.1, 0.15) is 0 Å². The lowest BCUT2D eigenvalue weighted by atomic mass is 9.92. The molecule has 3 nitrogen and oxygen atoms in total. The molecule has 1 aromatic rings. The van der Waals surface area contributed by atoms with Gasteiger partial charge < -0.3 is 15.2 Å². The van der Waals surface area contributed by atoms with E-state index >= 15 is 0 Å². The minimum atomic E-state index is -1.19. The lowest BCUT2D eigenvalue weighted by Gasteiger charge is -2.24. The maximum atomic E-state index is 13.9. The average molecular weight is 227 g/mol. The first-order valence-corrected chi connectivity index (χ1v) is 5.23. The molecule has 0 fully saturated rings. The number of benzene rings is 1. The molecule has 0 heterocycles. The van der Waals surface area contributed by atoms with E-state index in [9.17, 15) is 9.50 Å². The fraction of sp³-hybridized carbons (Fsp3) is 0.500. The van der Waals surface area contributed by atoms with Gasteiger partial charge in [-0.1, -0.05) is 12.1 Å². The van der Waals surface area contributed by atoms with Crippen molar-refractivity contribution in [2.45, 2.75) is 18.9 Å². The summed E-state index contributed by atoms with van der Waals surface area (Å²) in [5.74, 6) is -0.340. The molecule has 1 atom stereocenters. The lowest BCUT2D eigenvalue weighted by molar-refractivity contribution is 0.0443. The van der Waals surface area contributed by atoms with Crippen molar-refractivity contribution in [2.24, 2.45) is 0 Å². The van der Waals surface area contributed by atoms with E-state index in [1.54, 1.807) is 26.1 Å². The molecule has 0 spiro atoms. The molecule has 1 rings (SSSR count). The Morgan fingerprint density at radius 1 is 1.50 bits per heavy atom. The van der Waals surface area contributed by atoms with Crippen LogP contribution in [-0.4, -0.2) is 25.8 Å². The number of hydrogen-bond donors (Lipinski definition) is 2. The molecule has 0 bridgehead atoms. The summed E-state index contributed by atoms with van der Waals surface area (Å²) in [6, 6.07) is 4.78. The van der Waals surface area contributed by atoms with Crippen molar-refractivity contribution in [1.82, 2.24) is 5.32 Å². The largest absolute Gasteiger partial charge is 0.494 e. The average Bonchev–Trinajstić information content (AvgIpc) is 2.26. The summed E-state index contributed by atoms with van der Waals surface area (Å²) in [6.07, 6.45) is 0.438. The van der Waals surface area contributed by atoms with Gasteiger partial charge in [0.15, 0.2) is 11.6 Å². The van der Waals surface area contributed by atoms with E-state index in [1.165, 1.54) is 13.2 Å². The van der Waals surface area contributed by atoms with Crippen molar-refractivity contribution in [3.05, 3.63) is 29.6 Å². The molecule has 0 aromatic heterocycles. The van der Waals surface area contributed by atoms with Gasteiger partial charge in [-0.15, -0.1) is 0 Å². The van der Waals surface area contributed by atoms with Crippen molar-refractivity contribution < 1.29 is 14.2 Å². The SMILES string of the molecule is CNCCC(C)(O)c1cccc(OC)c1F. The maximum Gasteiger partial charge on any atom is 0.171 e. The third-order valence-electron chi connectivity index (χ3n) is 2.63. The highest BCUT2D eigenvalue weighted by Crippen LogP contribution is 2.30. The molecule has 90 valence electrons. The van der Waals surface area contributed by atoms with Crippen LogP contribution in [0.15, 0.2) is 18.2 Å². The van der Waals surface area contributed by atoms with Gasteiger partial charge in [0.25, 0.3) is 0 Å². The van der Waals surface area contributed by atoms with Crippen LogP contribution in [0, 0.1) is 5.82 Å². The van der Waals surface area contributed by atoms with Crippen LogP contribution in [-0.2, 0) is 5.60 Å². The molecule has 0 aliphatic rings. The molecule has 0 amide bonds. The first-order valence-electron chi connectivity index (χ1n) is 5.23. The first kappa shape index (κ1) is 12.9. The van der Waals surface area contributed by atoms with Gasteiger partial charge in [-0.25, -0.2) is 4.39 Å². The Bertz CT molecular complexity index is 353. The van der Waals surface area contributed by atoms with E-state index < -0.39 is 11.4 Å². The second-order valence-electron chi connectivity index (χ2n) is 3.95. The van der Waals surface area contributed by atoms with Crippen LogP contribution in [0.1, 0.15) is 18.9 Å². The molecule has 0 aliphatic heterocycles. The molecular weight excluding hydrogens is 209 g/mol. The van der Waals surface area contributed by atoms with E-state index in [1.807, 2.05) is 0 Å². The predicted molar refractivity (Wildman–Crippen MR) is 61.1 cm³/mol. The molecular formula is C12H18FNO2. The minimum absolute atomic E-state index is 0.155. The van der Waals surface area contributed by atoms with Crippen molar-refractivity contribution in [2.75, 3.05) is 20.7 Å². The fourth-order valence-corrected chi connectivity index (χ4v) is 1.59. The van der Waals surface area contributed by atoms with Crippen LogP contribution >= 0.6 is 0 Å². The first-order chi connectivity index (χ1) is 7.53. The molecule has 0 saturated heterocycles. The Kier molecular flexibility index (Phi) is 4.26. The van der Waals surface area contributed by atoms with Crippen molar-refractivity contribution >= 4 is 0 Å². The van der Waals surface area contributed by atoms with E-state index in [0.717, 1.165) is 0 Å². The Labute approximate surface area is 95.2 Å². The molecule has 16 heavy (non-hydrogen) atoms. The van der Waals surface area contributed by atoms with Crippen LogP contribution in [0.5, 0.6) is 5.75 Å². The standard InChI is InChI=1S/C12H18FNO2/c1-12(15,7-8-14-2)9-5-4-6-10(16-3)11(9)13/h4-6,14-15H,7-8H2,1-3H3. The zero-order chi connectivity index (χ0) is 12.2. The topological polar surface area (TPSA) is 41.5 Å². The Balaban J connectivity index is 3.02.